The van der Waals surface area contributed by atoms with Crippen LogP contribution in [0.15, 0.2) is 24.3 Å². The maximum absolute atomic E-state index is 4.75. The Kier molecular flexibility index (Phi) is 3.43. The summed E-state index contributed by atoms with van der Waals surface area (Å²) in [4.78, 5) is 7.13. The molecule has 4 rings (SSSR count). The van der Waals surface area contributed by atoms with Gasteiger partial charge in [0, 0.05) is 18.6 Å². The van der Waals surface area contributed by atoms with Crippen LogP contribution in [0, 0.1) is 0 Å². The van der Waals surface area contributed by atoms with Crippen molar-refractivity contribution in [1.82, 2.24) is 20.5 Å². The number of nitrogens with one attached hydrogen (secondary N) is 1. The zero-order valence-corrected chi connectivity index (χ0v) is 12.2. The third-order valence-electron chi connectivity index (χ3n) is 4.72. The van der Waals surface area contributed by atoms with Crippen LogP contribution in [-0.2, 0) is 0 Å². The van der Waals surface area contributed by atoms with Crippen LogP contribution in [0.5, 0.6) is 0 Å². The van der Waals surface area contributed by atoms with Crippen molar-refractivity contribution >= 4 is 17.0 Å². The Morgan fingerprint density at radius 1 is 1.00 bits per heavy atom. The van der Waals surface area contributed by atoms with Crippen molar-refractivity contribution in [3.05, 3.63) is 24.3 Å². The number of hydrogen-bond donors (Lipinski definition) is 1. The van der Waals surface area contributed by atoms with Crippen LogP contribution in [0.4, 0.5) is 5.95 Å². The van der Waals surface area contributed by atoms with Gasteiger partial charge in [-0.15, -0.1) is 10.2 Å². The monoisotopic (exact) mass is 283 g/mol. The lowest BCUT2D eigenvalue weighted by molar-refractivity contribution is 0.373. The summed E-state index contributed by atoms with van der Waals surface area (Å²) >= 11 is 0. The maximum atomic E-state index is 4.75. The van der Waals surface area contributed by atoms with E-state index in [0.29, 0.717) is 12.1 Å². The largest absolute Gasteiger partial charge is 0.335 e. The Labute approximate surface area is 124 Å². The van der Waals surface area contributed by atoms with Crippen LogP contribution < -0.4 is 10.2 Å². The number of fused-ring (bicyclic) bond motifs is 1. The summed E-state index contributed by atoms with van der Waals surface area (Å²) in [5.74, 6) is 0.798. The van der Waals surface area contributed by atoms with E-state index in [4.69, 9.17) is 4.98 Å². The highest BCUT2D eigenvalue weighted by molar-refractivity contribution is 5.74. The smallest absolute Gasteiger partial charge is 0.246 e. The Morgan fingerprint density at radius 2 is 1.90 bits per heavy atom. The van der Waals surface area contributed by atoms with E-state index in [2.05, 4.69) is 20.4 Å². The first-order valence-corrected chi connectivity index (χ1v) is 8.01. The third kappa shape index (κ3) is 2.46. The summed E-state index contributed by atoms with van der Waals surface area (Å²) in [6.07, 6.45) is 6.31. The van der Waals surface area contributed by atoms with Gasteiger partial charge in [0.05, 0.1) is 5.52 Å². The molecule has 0 spiro atoms. The molecule has 5 nitrogen and oxygen atoms in total. The van der Waals surface area contributed by atoms with Crippen LogP contribution in [0.2, 0.25) is 0 Å². The summed E-state index contributed by atoms with van der Waals surface area (Å²) < 4.78 is 0. The minimum Gasteiger partial charge on any atom is -0.335 e. The fourth-order valence-corrected chi connectivity index (χ4v) is 3.66. The van der Waals surface area contributed by atoms with Crippen LogP contribution in [0.3, 0.4) is 0 Å². The molecule has 1 aromatic carbocycles. The van der Waals surface area contributed by atoms with E-state index in [1.165, 1.54) is 32.1 Å². The highest BCUT2D eigenvalue weighted by atomic mass is 15.3. The fourth-order valence-electron chi connectivity index (χ4n) is 3.66. The van der Waals surface area contributed by atoms with Gasteiger partial charge in [-0.3, -0.25) is 0 Å². The van der Waals surface area contributed by atoms with Gasteiger partial charge < -0.3 is 10.2 Å². The minimum absolute atomic E-state index is 0.518. The number of piperidine rings is 1. The van der Waals surface area contributed by atoms with Gasteiger partial charge in [-0.05, 0) is 50.8 Å². The Bertz CT molecular complexity index is 623. The van der Waals surface area contributed by atoms with Crippen LogP contribution in [0.25, 0.3) is 11.0 Å². The Balaban J connectivity index is 1.67. The summed E-state index contributed by atoms with van der Waals surface area (Å²) in [6.45, 7) is 2.19. The molecule has 0 saturated carbocycles. The second-order valence-electron chi connectivity index (χ2n) is 6.06. The van der Waals surface area contributed by atoms with E-state index >= 15 is 0 Å². The highest BCUT2D eigenvalue weighted by Gasteiger charge is 2.33. The molecule has 0 aliphatic carbocycles. The first kappa shape index (κ1) is 13.0. The standard InChI is InChI=1S/C16H21N5/c1-2-7-13-12(6-1)18-16(20-19-13)21-11-4-3-9-15(21)14-8-5-10-17-14/h1-2,6-7,14-15,17H,3-5,8-11H2. The highest BCUT2D eigenvalue weighted by Crippen LogP contribution is 2.27. The summed E-state index contributed by atoms with van der Waals surface area (Å²) in [5, 5.41) is 12.4. The molecule has 0 amide bonds. The molecule has 3 heterocycles. The molecule has 2 aromatic rings. The number of rotatable bonds is 2. The molecule has 2 aliphatic heterocycles. The number of nitrogens with zero attached hydrogens (tertiary/aromatic N) is 4. The van der Waals surface area contributed by atoms with Crippen molar-refractivity contribution in [3.8, 4) is 0 Å². The van der Waals surface area contributed by atoms with Gasteiger partial charge in [0.25, 0.3) is 0 Å². The second kappa shape index (κ2) is 5.56. The molecule has 0 bridgehead atoms. The van der Waals surface area contributed by atoms with Crippen molar-refractivity contribution in [3.63, 3.8) is 0 Å². The molecule has 21 heavy (non-hydrogen) atoms. The lowest BCUT2D eigenvalue weighted by Crippen LogP contribution is -2.51. The van der Waals surface area contributed by atoms with Crippen LogP contribution in [0.1, 0.15) is 32.1 Å². The zero-order chi connectivity index (χ0) is 14.1. The summed E-state index contributed by atoms with van der Waals surface area (Å²) in [6, 6.07) is 9.06. The predicted octanol–water partition coefficient (Wildman–Crippen LogP) is 2.14. The van der Waals surface area contributed by atoms with E-state index in [-0.39, 0.29) is 0 Å². The molecular weight excluding hydrogens is 262 g/mol. The molecule has 1 aromatic heterocycles. The SMILES string of the molecule is c1ccc2nc(N3CCCCC3C3CCCN3)nnc2c1. The van der Waals surface area contributed by atoms with Crippen molar-refractivity contribution in [2.75, 3.05) is 18.0 Å². The average molecular weight is 283 g/mol. The molecule has 2 fully saturated rings. The van der Waals surface area contributed by atoms with Gasteiger partial charge in [-0.1, -0.05) is 12.1 Å². The molecule has 2 saturated heterocycles. The molecule has 2 unspecified atom stereocenters. The topological polar surface area (TPSA) is 53.9 Å². The summed E-state index contributed by atoms with van der Waals surface area (Å²) in [7, 11) is 0. The molecule has 1 N–H and O–H groups in total. The summed E-state index contributed by atoms with van der Waals surface area (Å²) in [5.41, 5.74) is 1.81. The maximum Gasteiger partial charge on any atom is 0.246 e. The van der Waals surface area contributed by atoms with E-state index < -0.39 is 0 Å². The molecule has 2 aliphatic rings. The number of para-hydroxylation sites is 1. The van der Waals surface area contributed by atoms with Gasteiger partial charge in [0.1, 0.15) is 5.52 Å². The minimum atomic E-state index is 0.518. The average Bonchev–Trinajstić information content (AvgIpc) is 3.09. The first-order valence-electron chi connectivity index (χ1n) is 8.01. The van der Waals surface area contributed by atoms with Crippen molar-refractivity contribution < 1.29 is 0 Å². The number of hydrogen-bond acceptors (Lipinski definition) is 5. The lowest BCUT2D eigenvalue weighted by atomic mass is 9.95. The fraction of sp³-hybridized carbons (Fsp3) is 0.562. The van der Waals surface area contributed by atoms with E-state index in [1.54, 1.807) is 0 Å². The number of anilines is 1. The second-order valence-corrected chi connectivity index (χ2v) is 6.06. The molecule has 5 heteroatoms. The number of benzene rings is 1. The van der Waals surface area contributed by atoms with Gasteiger partial charge >= 0.3 is 0 Å². The molecule has 110 valence electrons. The normalized spacial score (nSPS) is 26.4. The van der Waals surface area contributed by atoms with Gasteiger partial charge in [-0.25, -0.2) is 4.98 Å². The van der Waals surface area contributed by atoms with Gasteiger partial charge in [0.15, 0.2) is 0 Å². The van der Waals surface area contributed by atoms with E-state index in [9.17, 15) is 0 Å². The quantitative estimate of drug-likeness (QED) is 0.915. The zero-order valence-electron chi connectivity index (χ0n) is 12.2. The Morgan fingerprint density at radius 3 is 2.76 bits per heavy atom. The molecule has 0 radical (unpaired) electrons. The lowest BCUT2D eigenvalue weighted by Gasteiger charge is -2.39. The van der Waals surface area contributed by atoms with Crippen molar-refractivity contribution in [1.29, 1.82) is 0 Å². The van der Waals surface area contributed by atoms with Gasteiger partial charge in [0.2, 0.25) is 5.95 Å². The molecule has 2 atom stereocenters. The van der Waals surface area contributed by atoms with Crippen LogP contribution >= 0.6 is 0 Å². The Hall–Kier alpha value is -1.75. The predicted molar refractivity (Wildman–Crippen MR) is 83.3 cm³/mol. The first-order chi connectivity index (χ1) is 10.4. The van der Waals surface area contributed by atoms with Gasteiger partial charge in [-0.2, -0.15) is 0 Å². The molecular formula is C16H21N5. The van der Waals surface area contributed by atoms with E-state index in [1.807, 2.05) is 24.3 Å². The number of aromatic nitrogens is 3. The van der Waals surface area contributed by atoms with Crippen LogP contribution in [-0.4, -0.2) is 40.4 Å². The van der Waals surface area contributed by atoms with Crippen molar-refractivity contribution in [2.24, 2.45) is 0 Å². The van der Waals surface area contributed by atoms with Crippen molar-refractivity contribution in [2.45, 2.75) is 44.2 Å². The third-order valence-corrected chi connectivity index (χ3v) is 4.72. The van der Waals surface area contributed by atoms with E-state index in [0.717, 1.165) is 30.1 Å².